The van der Waals surface area contributed by atoms with Gasteiger partial charge in [-0.05, 0) is 18.2 Å². The fourth-order valence-corrected chi connectivity index (χ4v) is 2.22. The molecule has 0 spiro atoms. The van der Waals surface area contributed by atoms with Gasteiger partial charge in [-0.2, -0.15) is 0 Å². The van der Waals surface area contributed by atoms with Crippen LogP contribution in [0.15, 0.2) is 24.3 Å². The Hall–Kier alpha value is -2.24. The average molecular weight is 278 g/mol. The number of carbonyl (C=O) groups is 2. The van der Waals surface area contributed by atoms with Crippen LogP contribution in [0.4, 0.5) is 10.5 Å². The van der Waals surface area contributed by atoms with E-state index < -0.39 is 0 Å². The lowest BCUT2D eigenvalue weighted by atomic mass is 10.1. The van der Waals surface area contributed by atoms with Crippen LogP contribution in [0.1, 0.15) is 10.4 Å². The molecular formula is C14H18N2O4. The Morgan fingerprint density at radius 2 is 1.75 bits per heavy atom. The minimum absolute atomic E-state index is 0.298. The number of amides is 1. The van der Waals surface area contributed by atoms with Crippen molar-refractivity contribution in [3.63, 3.8) is 0 Å². The normalized spacial score (nSPS) is 14.9. The van der Waals surface area contributed by atoms with E-state index in [-0.39, 0.29) is 12.1 Å². The standard InChI is InChI=1S/C14H18N2O4/c1-19-13(17)11-4-3-5-12(10-11)15-6-8-16(9-7-15)14(18)20-2/h3-5,10H,6-9H2,1-2H3. The van der Waals surface area contributed by atoms with Crippen LogP contribution >= 0.6 is 0 Å². The van der Waals surface area contributed by atoms with Gasteiger partial charge in [0, 0.05) is 31.9 Å². The van der Waals surface area contributed by atoms with E-state index >= 15 is 0 Å². The number of hydrogen-bond donors (Lipinski definition) is 0. The van der Waals surface area contributed by atoms with Crippen LogP contribution in [-0.4, -0.2) is 57.4 Å². The van der Waals surface area contributed by atoms with Gasteiger partial charge >= 0.3 is 12.1 Å². The lowest BCUT2D eigenvalue weighted by Crippen LogP contribution is -2.48. The molecule has 1 heterocycles. The maximum atomic E-state index is 11.5. The highest BCUT2D eigenvalue weighted by molar-refractivity contribution is 5.90. The highest BCUT2D eigenvalue weighted by atomic mass is 16.5. The molecule has 1 fully saturated rings. The summed E-state index contributed by atoms with van der Waals surface area (Å²) in [5.74, 6) is -0.347. The number of esters is 1. The molecule has 0 atom stereocenters. The number of carbonyl (C=O) groups excluding carboxylic acids is 2. The second-order valence-corrected chi connectivity index (χ2v) is 4.49. The van der Waals surface area contributed by atoms with E-state index in [0.717, 1.165) is 5.69 Å². The second kappa shape index (κ2) is 6.27. The van der Waals surface area contributed by atoms with E-state index in [1.54, 1.807) is 17.0 Å². The zero-order chi connectivity index (χ0) is 14.5. The molecule has 0 aliphatic carbocycles. The van der Waals surface area contributed by atoms with Crippen molar-refractivity contribution in [2.75, 3.05) is 45.3 Å². The molecule has 1 aliphatic heterocycles. The fourth-order valence-electron chi connectivity index (χ4n) is 2.22. The van der Waals surface area contributed by atoms with Gasteiger partial charge in [0.2, 0.25) is 0 Å². The number of anilines is 1. The molecule has 0 unspecified atom stereocenters. The van der Waals surface area contributed by atoms with Gasteiger partial charge in [-0.15, -0.1) is 0 Å². The monoisotopic (exact) mass is 278 g/mol. The maximum absolute atomic E-state index is 11.5. The summed E-state index contributed by atoms with van der Waals surface area (Å²) in [4.78, 5) is 26.7. The number of hydrogen-bond acceptors (Lipinski definition) is 5. The van der Waals surface area contributed by atoms with E-state index in [1.807, 2.05) is 12.1 Å². The van der Waals surface area contributed by atoms with Crippen molar-refractivity contribution in [3.8, 4) is 0 Å². The Bertz CT molecular complexity index is 496. The number of nitrogens with zero attached hydrogens (tertiary/aromatic N) is 2. The van der Waals surface area contributed by atoms with Crippen molar-refractivity contribution in [1.29, 1.82) is 0 Å². The molecule has 6 heteroatoms. The average Bonchev–Trinajstić information content (AvgIpc) is 2.53. The van der Waals surface area contributed by atoms with E-state index in [1.165, 1.54) is 14.2 Å². The lowest BCUT2D eigenvalue weighted by Gasteiger charge is -2.35. The Morgan fingerprint density at radius 3 is 2.35 bits per heavy atom. The van der Waals surface area contributed by atoms with Crippen LogP contribution in [0.2, 0.25) is 0 Å². The summed E-state index contributed by atoms with van der Waals surface area (Å²) in [6, 6.07) is 7.30. The van der Waals surface area contributed by atoms with Crippen molar-refractivity contribution >= 4 is 17.7 Å². The Balaban J connectivity index is 2.03. The largest absolute Gasteiger partial charge is 0.465 e. The van der Waals surface area contributed by atoms with Gasteiger partial charge in [0.05, 0.1) is 19.8 Å². The van der Waals surface area contributed by atoms with Crippen LogP contribution in [0.5, 0.6) is 0 Å². The van der Waals surface area contributed by atoms with Gasteiger partial charge in [-0.1, -0.05) is 6.07 Å². The fraction of sp³-hybridized carbons (Fsp3) is 0.429. The van der Waals surface area contributed by atoms with Gasteiger partial charge in [0.1, 0.15) is 0 Å². The summed E-state index contributed by atoms with van der Waals surface area (Å²) in [5, 5.41) is 0. The van der Waals surface area contributed by atoms with Crippen LogP contribution in [0, 0.1) is 0 Å². The van der Waals surface area contributed by atoms with Crippen LogP contribution in [-0.2, 0) is 9.47 Å². The summed E-state index contributed by atoms with van der Waals surface area (Å²) in [7, 11) is 2.75. The highest BCUT2D eigenvalue weighted by Gasteiger charge is 2.22. The zero-order valence-corrected chi connectivity index (χ0v) is 11.7. The minimum Gasteiger partial charge on any atom is -0.465 e. The first-order chi connectivity index (χ1) is 9.65. The Morgan fingerprint density at radius 1 is 1.05 bits per heavy atom. The molecule has 108 valence electrons. The van der Waals surface area contributed by atoms with Crippen LogP contribution < -0.4 is 4.90 Å². The molecule has 0 saturated carbocycles. The minimum atomic E-state index is -0.347. The topological polar surface area (TPSA) is 59.1 Å². The number of methoxy groups -OCH3 is 2. The molecule has 1 aliphatic rings. The number of rotatable bonds is 2. The third-order valence-corrected chi connectivity index (χ3v) is 3.34. The molecule has 1 saturated heterocycles. The molecule has 20 heavy (non-hydrogen) atoms. The third kappa shape index (κ3) is 3.01. The van der Waals surface area contributed by atoms with Crippen molar-refractivity contribution in [3.05, 3.63) is 29.8 Å². The quantitative estimate of drug-likeness (QED) is 0.765. The summed E-state index contributed by atoms with van der Waals surface area (Å²) in [6.07, 6.45) is -0.298. The first-order valence-electron chi connectivity index (χ1n) is 6.42. The maximum Gasteiger partial charge on any atom is 0.409 e. The molecule has 1 aromatic carbocycles. The first-order valence-corrected chi connectivity index (χ1v) is 6.42. The molecule has 0 N–H and O–H groups in total. The number of ether oxygens (including phenoxy) is 2. The second-order valence-electron chi connectivity index (χ2n) is 4.49. The SMILES string of the molecule is COC(=O)c1cccc(N2CCN(C(=O)OC)CC2)c1. The molecule has 6 nitrogen and oxygen atoms in total. The lowest BCUT2D eigenvalue weighted by molar-refractivity contribution is 0.0600. The first kappa shape index (κ1) is 14.2. The summed E-state index contributed by atoms with van der Waals surface area (Å²) in [6.45, 7) is 2.63. The van der Waals surface area contributed by atoms with Gasteiger partial charge < -0.3 is 19.3 Å². The Kier molecular flexibility index (Phi) is 4.45. The molecule has 1 aromatic rings. The zero-order valence-electron chi connectivity index (χ0n) is 11.7. The molecule has 2 rings (SSSR count). The molecule has 0 aromatic heterocycles. The van der Waals surface area contributed by atoms with Gasteiger partial charge in [0.15, 0.2) is 0 Å². The number of piperazine rings is 1. The predicted molar refractivity (Wildman–Crippen MR) is 74.0 cm³/mol. The number of benzene rings is 1. The van der Waals surface area contributed by atoms with Gasteiger partial charge in [-0.25, -0.2) is 9.59 Å². The van der Waals surface area contributed by atoms with E-state index in [2.05, 4.69) is 4.90 Å². The molecule has 0 radical (unpaired) electrons. The van der Waals surface area contributed by atoms with E-state index in [0.29, 0.717) is 31.7 Å². The molecular weight excluding hydrogens is 260 g/mol. The van der Waals surface area contributed by atoms with Crippen molar-refractivity contribution < 1.29 is 19.1 Å². The van der Waals surface area contributed by atoms with Gasteiger partial charge in [-0.3, -0.25) is 0 Å². The van der Waals surface area contributed by atoms with Crippen molar-refractivity contribution in [2.45, 2.75) is 0 Å². The smallest absolute Gasteiger partial charge is 0.409 e. The highest BCUT2D eigenvalue weighted by Crippen LogP contribution is 2.18. The van der Waals surface area contributed by atoms with Crippen molar-refractivity contribution in [2.24, 2.45) is 0 Å². The van der Waals surface area contributed by atoms with Crippen molar-refractivity contribution in [1.82, 2.24) is 4.90 Å². The summed E-state index contributed by atoms with van der Waals surface area (Å²) < 4.78 is 9.42. The van der Waals surface area contributed by atoms with Gasteiger partial charge in [0.25, 0.3) is 0 Å². The third-order valence-electron chi connectivity index (χ3n) is 3.34. The predicted octanol–water partition coefficient (Wildman–Crippen LogP) is 1.36. The van der Waals surface area contributed by atoms with Crippen LogP contribution in [0.3, 0.4) is 0 Å². The van der Waals surface area contributed by atoms with E-state index in [4.69, 9.17) is 9.47 Å². The van der Waals surface area contributed by atoms with Crippen LogP contribution in [0.25, 0.3) is 0 Å². The molecule has 1 amide bonds. The Labute approximate surface area is 117 Å². The summed E-state index contributed by atoms with van der Waals surface area (Å²) in [5.41, 5.74) is 1.48. The summed E-state index contributed by atoms with van der Waals surface area (Å²) >= 11 is 0. The molecule has 0 bridgehead atoms. The van der Waals surface area contributed by atoms with E-state index in [9.17, 15) is 9.59 Å².